The van der Waals surface area contributed by atoms with E-state index < -0.39 is 0 Å². The van der Waals surface area contributed by atoms with Crippen molar-refractivity contribution in [2.45, 2.75) is 32.4 Å². The normalized spacial score (nSPS) is 24.4. The molecule has 2 rings (SSSR count). The Morgan fingerprint density at radius 3 is 2.95 bits per heavy atom. The predicted octanol–water partition coefficient (Wildman–Crippen LogP) is 3.03. The molecule has 0 aromatic heterocycles. The predicted molar refractivity (Wildman–Crippen MR) is 82.7 cm³/mol. The lowest BCUT2D eigenvalue weighted by Gasteiger charge is -2.45. The molecule has 0 saturated carbocycles. The highest BCUT2D eigenvalue weighted by Crippen LogP contribution is 2.29. The molecule has 0 radical (unpaired) electrons. The fraction of sp³-hybridized carbons (Fsp3) is 0.600. The Hall–Kier alpha value is -0.580. The summed E-state index contributed by atoms with van der Waals surface area (Å²) >= 11 is 3.55. The summed E-state index contributed by atoms with van der Waals surface area (Å²) in [5.41, 5.74) is 1.48. The van der Waals surface area contributed by atoms with Crippen LogP contribution in [0.4, 0.5) is 0 Å². The van der Waals surface area contributed by atoms with Gasteiger partial charge in [-0.2, -0.15) is 0 Å². The van der Waals surface area contributed by atoms with Crippen LogP contribution in [0.5, 0.6) is 5.75 Å². The van der Waals surface area contributed by atoms with Crippen LogP contribution in [0.2, 0.25) is 0 Å². The van der Waals surface area contributed by atoms with Crippen molar-refractivity contribution in [3.8, 4) is 5.75 Å². The smallest absolute Gasteiger partial charge is 0.123 e. The summed E-state index contributed by atoms with van der Waals surface area (Å²) in [6.07, 6.45) is 1.15. The zero-order valence-corrected chi connectivity index (χ0v) is 13.6. The highest BCUT2D eigenvalue weighted by Gasteiger charge is 2.32. The molecule has 1 saturated heterocycles. The lowest BCUT2D eigenvalue weighted by molar-refractivity contribution is 0.0630. The largest absolute Gasteiger partial charge is 0.496 e. The minimum Gasteiger partial charge on any atom is -0.496 e. The molecule has 0 spiro atoms. The van der Waals surface area contributed by atoms with Gasteiger partial charge in [0.05, 0.1) is 7.11 Å². The average Bonchev–Trinajstić information content (AvgIpc) is 2.42. The van der Waals surface area contributed by atoms with E-state index in [4.69, 9.17) is 4.74 Å². The van der Waals surface area contributed by atoms with Gasteiger partial charge in [-0.25, -0.2) is 0 Å². The lowest BCUT2D eigenvalue weighted by atomic mass is 9.93. The number of benzene rings is 1. The van der Waals surface area contributed by atoms with Crippen LogP contribution in [0.1, 0.15) is 25.8 Å². The van der Waals surface area contributed by atoms with Gasteiger partial charge in [-0.3, -0.25) is 4.90 Å². The highest BCUT2D eigenvalue weighted by molar-refractivity contribution is 9.10. The monoisotopic (exact) mass is 326 g/mol. The molecule has 1 aliphatic rings. The van der Waals surface area contributed by atoms with E-state index in [2.05, 4.69) is 46.1 Å². The Labute approximate surface area is 124 Å². The van der Waals surface area contributed by atoms with Crippen LogP contribution in [-0.2, 0) is 6.54 Å². The zero-order valence-electron chi connectivity index (χ0n) is 12.0. The number of halogens is 1. The van der Waals surface area contributed by atoms with Gasteiger partial charge in [-0.15, -0.1) is 0 Å². The molecule has 1 atom stereocenters. The Bertz CT molecular complexity index is 438. The van der Waals surface area contributed by atoms with E-state index in [1.807, 2.05) is 12.1 Å². The third kappa shape index (κ3) is 3.30. The molecular weight excluding hydrogens is 304 g/mol. The molecule has 1 heterocycles. The van der Waals surface area contributed by atoms with Gasteiger partial charge in [0.15, 0.2) is 0 Å². The second-order valence-corrected chi connectivity index (χ2v) is 6.32. The van der Waals surface area contributed by atoms with E-state index >= 15 is 0 Å². The van der Waals surface area contributed by atoms with Gasteiger partial charge < -0.3 is 10.1 Å². The molecule has 4 heteroatoms. The fourth-order valence-corrected chi connectivity index (χ4v) is 3.06. The lowest BCUT2D eigenvalue weighted by Crippen LogP contribution is -2.58. The van der Waals surface area contributed by atoms with Gasteiger partial charge in [0, 0.05) is 41.8 Å². The maximum absolute atomic E-state index is 5.48. The van der Waals surface area contributed by atoms with Gasteiger partial charge in [0.1, 0.15) is 5.75 Å². The minimum absolute atomic E-state index is 0.228. The van der Waals surface area contributed by atoms with Gasteiger partial charge in [-0.05, 0) is 31.5 Å². The van der Waals surface area contributed by atoms with Gasteiger partial charge in [0.25, 0.3) is 0 Å². The third-order valence-corrected chi connectivity index (χ3v) is 4.69. The summed E-state index contributed by atoms with van der Waals surface area (Å²) in [7, 11) is 1.74. The number of rotatable bonds is 4. The van der Waals surface area contributed by atoms with Crippen LogP contribution in [0, 0.1) is 0 Å². The SMILES string of the molecule is CCC1(C)CNCCN1Cc1cc(Br)ccc1OC. The van der Waals surface area contributed by atoms with Crippen molar-refractivity contribution >= 4 is 15.9 Å². The Morgan fingerprint density at radius 2 is 2.26 bits per heavy atom. The molecule has 3 nitrogen and oxygen atoms in total. The summed E-state index contributed by atoms with van der Waals surface area (Å²) in [6, 6.07) is 6.22. The molecule has 1 N–H and O–H groups in total. The number of methoxy groups -OCH3 is 1. The van der Waals surface area contributed by atoms with Crippen LogP contribution in [0.15, 0.2) is 22.7 Å². The molecule has 1 aliphatic heterocycles. The molecule has 1 aromatic rings. The van der Waals surface area contributed by atoms with Crippen LogP contribution >= 0.6 is 15.9 Å². The molecule has 0 amide bonds. The number of hydrogen-bond acceptors (Lipinski definition) is 3. The van der Waals surface area contributed by atoms with Crippen LogP contribution < -0.4 is 10.1 Å². The number of hydrogen-bond donors (Lipinski definition) is 1. The van der Waals surface area contributed by atoms with Crippen molar-refractivity contribution in [1.29, 1.82) is 0 Å². The maximum Gasteiger partial charge on any atom is 0.123 e. The van der Waals surface area contributed by atoms with Gasteiger partial charge in [0.2, 0.25) is 0 Å². The third-order valence-electron chi connectivity index (χ3n) is 4.19. The second-order valence-electron chi connectivity index (χ2n) is 5.40. The summed E-state index contributed by atoms with van der Waals surface area (Å²) in [6.45, 7) is 8.74. The van der Waals surface area contributed by atoms with Crippen LogP contribution in [-0.4, -0.2) is 37.2 Å². The standard InChI is InChI=1S/C15H23BrN2O/c1-4-15(2)11-17-7-8-18(15)10-12-9-13(16)5-6-14(12)19-3/h5-6,9,17H,4,7-8,10-11H2,1-3H3. The van der Waals surface area contributed by atoms with Crippen LogP contribution in [0.25, 0.3) is 0 Å². The Kier molecular flexibility index (Phi) is 4.87. The molecule has 19 heavy (non-hydrogen) atoms. The number of nitrogens with zero attached hydrogens (tertiary/aromatic N) is 1. The number of piperazine rings is 1. The number of nitrogens with one attached hydrogen (secondary N) is 1. The van der Waals surface area contributed by atoms with Crippen molar-refractivity contribution in [3.63, 3.8) is 0 Å². The van der Waals surface area contributed by atoms with E-state index in [0.717, 1.165) is 42.8 Å². The van der Waals surface area contributed by atoms with E-state index in [1.165, 1.54) is 5.56 Å². The zero-order chi connectivity index (χ0) is 13.9. The first-order valence-electron chi connectivity index (χ1n) is 6.87. The van der Waals surface area contributed by atoms with E-state index in [-0.39, 0.29) is 5.54 Å². The summed E-state index contributed by atoms with van der Waals surface area (Å²) in [4.78, 5) is 2.56. The summed E-state index contributed by atoms with van der Waals surface area (Å²) in [5, 5.41) is 3.50. The van der Waals surface area contributed by atoms with Crippen molar-refractivity contribution in [3.05, 3.63) is 28.2 Å². The van der Waals surface area contributed by atoms with E-state index in [1.54, 1.807) is 7.11 Å². The van der Waals surface area contributed by atoms with Gasteiger partial charge >= 0.3 is 0 Å². The van der Waals surface area contributed by atoms with Crippen LogP contribution in [0.3, 0.4) is 0 Å². The first-order chi connectivity index (χ1) is 9.09. The minimum atomic E-state index is 0.228. The fourth-order valence-electron chi connectivity index (χ4n) is 2.65. The van der Waals surface area contributed by atoms with Crippen molar-refractivity contribution in [2.24, 2.45) is 0 Å². The molecule has 1 aromatic carbocycles. The quantitative estimate of drug-likeness (QED) is 0.920. The molecule has 0 bridgehead atoms. The second kappa shape index (κ2) is 6.25. The molecule has 1 fully saturated rings. The average molecular weight is 327 g/mol. The molecule has 1 unspecified atom stereocenters. The maximum atomic E-state index is 5.48. The summed E-state index contributed by atoms with van der Waals surface area (Å²) in [5.74, 6) is 0.972. The van der Waals surface area contributed by atoms with E-state index in [9.17, 15) is 0 Å². The topological polar surface area (TPSA) is 24.5 Å². The van der Waals surface area contributed by atoms with E-state index in [0.29, 0.717) is 0 Å². The van der Waals surface area contributed by atoms with Crippen molar-refractivity contribution in [2.75, 3.05) is 26.7 Å². The first-order valence-corrected chi connectivity index (χ1v) is 7.66. The Balaban J connectivity index is 2.21. The highest BCUT2D eigenvalue weighted by atomic mass is 79.9. The summed E-state index contributed by atoms with van der Waals surface area (Å²) < 4.78 is 6.59. The number of ether oxygens (including phenoxy) is 1. The Morgan fingerprint density at radius 1 is 1.47 bits per heavy atom. The van der Waals surface area contributed by atoms with Crippen molar-refractivity contribution in [1.82, 2.24) is 10.2 Å². The van der Waals surface area contributed by atoms with Crippen molar-refractivity contribution < 1.29 is 4.74 Å². The molecule has 106 valence electrons. The molecule has 0 aliphatic carbocycles. The molecular formula is C15H23BrN2O. The van der Waals surface area contributed by atoms with Gasteiger partial charge in [-0.1, -0.05) is 22.9 Å². The first kappa shape index (κ1) is 14.8.